The van der Waals surface area contributed by atoms with E-state index in [1.165, 1.54) is 10.7 Å². The summed E-state index contributed by atoms with van der Waals surface area (Å²) in [4.78, 5) is 11.8. The Bertz CT molecular complexity index is 600. The zero-order valence-electron chi connectivity index (χ0n) is 12.5. The zero-order chi connectivity index (χ0) is 15.4. The Morgan fingerprint density at radius 3 is 2.50 bits per heavy atom. The molecule has 0 saturated heterocycles. The fourth-order valence-corrected chi connectivity index (χ4v) is 2.51. The van der Waals surface area contributed by atoms with Crippen molar-refractivity contribution in [1.29, 1.82) is 0 Å². The van der Waals surface area contributed by atoms with Gasteiger partial charge in [0.05, 0.1) is 28.9 Å². The Hall–Kier alpha value is -1.37. The molecule has 1 N–H and O–H groups in total. The van der Waals surface area contributed by atoms with E-state index in [1.807, 2.05) is 6.92 Å². The van der Waals surface area contributed by atoms with Gasteiger partial charge in [-0.25, -0.2) is 13.1 Å². The molecule has 0 aliphatic heterocycles. The highest BCUT2D eigenvalue weighted by Gasteiger charge is 2.28. The van der Waals surface area contributed by atoms with Crippen LogP contribution in [0.25, 0.3) is 0 Å². The number of anilines is 1. The molecule has 7 heteroatoms. The molecule has 0 fully saturated rings. The minimum atomic E-state index is -3.25. The minimum Gasteiger partial charge on any atom is -0.384 e. The van der Waals surface area contributed by atoms with E-state index in [4.69, 9.17) is 0 Å². The van der Waals surface area contributed by atoms with Gasteiger partial charge in [-0.1, -0.05) is 6.92 Å². The van der Waals surface area contributed by atoms with Gasteiger partial charge in [-0.15, -0.1) is 0 Å². The number of aryl methyl sites for hydroxylation is 1. The Kier molecular flexibility index (Phi) is 5.33. The van der Waals surface area contributed by atoms with Crippen molar-refractivity contribution in [2.45, 2.75) is 45.4 Å². The van der Waals surface area contributed by atoms with Crippen LogP contribution in [0.15, 0.2) is 17.1 Å². The maximum absolute atomic E-state index is 12.0. The van der Waals surface area contributed by atoms with Gasteiger partial charge in [0.2, 0.25) is 0 Å². The van der Waals surface area contributed by atoms with E-state index in [9.17, 15) is 13.2 Å². The summed E-state index contributed by atoms with van der Waals surface area (Å²) in [6.07, 6.45) is 2.49. The molecule has 0 aliphatic carbocycles. The first-order chi connectivity index (χ1) is 9.17. The van der Waals surface area contributed by atoms with E-state index in [0.29, 0.717) is 5.69 Å². The fraction of sp³-hybridized carbons (Fsp3) is 0.692. The van der Waals surface area contributed by atoms with Crippen molar-refractivity contribution in [3.63, 3.8) is 0 Å². The smallest absolute Gasteiger partial charge is 0.268 e. The average Bonchev–Trinajstić information content (AvgIpc) is 2.33. The molecule has 0 bridgehead atoms. The van der Waals surface area contributed by atoms with Gasteiger partial charge in [0.25, 0.3) is 5.56 Å². The summed E-state index contributed by atoms with van der Waals surface area (Å²) in [5, 5.41) is 7.06. The molecule has 1 heterocycles. The van der Waals surface area contributed by atoms with Gasteiger partial charge in [0.1, 0.15) is 0 Å². The van der Waals surface area contributed by atoms with E-state index in [0.717, 1.165) is 13.0 Å². The monoisotopic (exact) mass is 301 g/mol. The third-order valence-electron chi connectivity index (χ3n) is 2.95. The normalized spacial score (nSPS) is 12.4. The van der Waals surface area contributed by atoms with Crippen molar-refractivity contribution < 1.29 is 8.42 Å². The van der Waals surface area contributed by atoms with Gasteiger partial charge >= 0.3 is 0 Å². The van der Waals surface area contributed by atoms with Crippen LogP contribution < -0.4 is 10.9 Å². The Morgan fingerprint density at radius 2 is 2.00 bits per heavy atom. The number of sulfone groups is 1. The summed E-state index contributed by atoms with van der Waals surface area (Å²) in [6, 6.07) is 1.44. The Labute approximate surface area is 120 Å². The number of rotatable bonds is 6. The van der Waals surface area contributed by atoms with Crippen LogP contribution in [0.2, 0.25) is 0 Å². The molecule has 0 unspecified atom stereocenters. The number of hydrogen-bond donors (Lipinski definition) is 1. The maximum atomic E-state index is 12.0. The van der Waals surface area contributed by atoms with Gasteiger partial charge in [-0.05, 0) is 27.2 Å². The molecule has 0 aromatic carbocycles. The van der Waals surface area contributed by atoms with Crippen LogP contribution in [-0.4, -0.2) is 35.2 Å². The molecule has 0 spiro atoms. The van der Waals surface area contributed by atoms with Gasteiger partial charge < -0.3 is 5.32 Å². The van der Waals surface area contributed by atoms with Crippen LogP contribution >= 0.6 is 0 Å². The highest BCUT2D eigenvalue weighted by molar-refractivity contribution is 7.92. The molecule has 0 aliphatic rings. The van der Waals surface area contributed by atoms with Crippen molar-refractivity contribution in [2.24, 2.45) is 0 Å². The van der Waals surface area contributed by atoms with Crippen molar-refractivity contribution in [3.8, 4) is 0 Å². The lowest BCUT2D eigenvalue weighted by molar-refractivity contribution is 0.543. The summed E-state index contributed by atoms with van der Waals surface area (Å²) in [6.45, 7) is 7.82. The lowest BCUT2D eigenvalue weighted by atomic mass is 10.3. The van der Waals surface area contributed by atoms with Crippen LogP contribution in [0, 0.1) is 0 Å². The average molecular weight is 301 g/mol. The van der Waals surface area contributed by atoms with Gasteiger partial charge in [-0.2, -0.15) is 5.10 Å². The Morgan fingerprint density at radius 1 is 1.35 bits per heavy atom. The first-order valence-corrected chi connectivity index (χ1v) is 8.36. The number of aromatic nitrogens is 2. The highest BCUT2D eigenvalue weighted by atomic mass is 32.2. The van der Waals surface area contributed by atoms with Crippen molar-refractivity contribution in [3.05, 3.63) is 22.6 Å². The number of hydrogen-bond acceptors (Lipinski definition) is 5. The van der Waals surface area contributed by atoms with Gasteiger partial charge in [-0.3, -0.25) is 4.79 Å². The molecule has 1 rings (SSSR count). The summed E-state index contributed by atoms with van der Waals surface area (Å²) < 4.78 is 24.3. The number of nitrogens with one attached hydrogen (secondary N) is 1. The van der Waals surface area contributed by atoms with E-state index < -0.39 is 14.6 Å². The molecular weight excluding hydrogens is 278 g/mol. The second-order valence-corrected chi connectivity index (χ2v) is 8.53. The molecular formula is C13H23N3O3S. The zero-order valence-corrected chi connectivity index (χ0v) is 13.3. The summed E-state index contributed by atoms with van der Waals surface area (Å²) in [7, 11) is -3.25. The van der Waals surface area contributed by atoms with Crippen molar-refractivity contribution in [2.75, 3.05) is 17.6 Å². The summed E-state index contributed by atoms with van der Waals surface area (Å²) in [5.41, 5.74) is 0.363. The van der Waals surface area contributed by atoms with E-state index in [-0.39, 0.29) is 17.9 Å². The second-order valence-electron chi connectivity index (χ2n) is 5.66. The van der Waals surface area contributed by atoms with Gasteiger partial charge in [0.15, 0.2) is 9.84 Å². The predicted molar refractivity (Wildman–Crippen MR) is 80.8 cm³/mol. The molecule has 0 amide bonds. The maximum Gasteiger partial charge on any atom is 0.268 e. The Balaban J connectivity index is 2.78. The third-order valence-corrected chi connectivity index (χ3v) is 5.54. The SMILES string of the molecule is CCCNc1cnn(CCS(=O)(=O)C(C)(C)C)c(=O)c1. The number of nitrogens with zero attached hydrogens (tertiary/aromatic N) is 2. The summed E-state index contributed by atoms with van der Waals surface area (Å²) >= 11 is 0. The molecule has 1 aromatic heterocycles. The highest BCUT2D eigenvalue weighted by Crippen LogP contribution is 2.15. The fourth-order valence-electron chi connectivity index (χ4n) is 1.48. The molecule has 1 aromatic rings. The van der Waals surface area contributed by atoms with Gasteiger partial charge in [0, 0.05) is 12.6 Å². The van der Waals surface area contributed by atoms with Crippen LogP contribution in [0.1, 0.15) is 34.1 Å². The van der Waals surface area contributed by atoms with Crippen LogP contribution in [0.5, 0.6) is 0 Å². The quantitative estimate of drug-likeness (QED) is 0.856. The first kappa shape index (κ1) is 16.7. The van der Waals surface area contributed by atoms with Crippen LogP contribution in [0.4, 0.5) is 5.69 Å². The van der Waals surface area contributed by atoms with E-state index >= 15 is 0 Å². The minimum absolute atomic E-state index is 0.0759. The second kappa shape index (κ2) is 6.39. The molecule has 0 radical (unpaired) electrons. The third kappa shape index (κ3) is 4.33. The summed E-state index contributed by atoms with van der Waals surface area (Å²) in [5.74, 6) is -0.0921. The van der Waals surface area contributed by atoms with Crippen LogP contribution in [-0.2, 0) is 16.4 Å². The molecule has 0 atom stereocenters. The first-order valence-electron chi connectivity index (χ1n) is 6.70. The largest absolute Gasteiger partial charge is 0.384 e. The molecule has 20 heavy (non-hydrogen) atoms. The molecule has 6 nitrogen and oxygen atoms in total. The molecule has 0 saturated carbocycles. The lowest BCUT2D eigenvalue weighted by Gasteiger charge is -2.19. The van der Waals surface area contributed by atoms with Crippen molar-refractivity contribution in [1.82, 2.24) is 9.78 Å². The van der Waals surface area contributed by atoms with E-state index in [2.05, 4.69) is 10.4 Å². The predicted octanol–water partition coefficient (Wildman–Crippen LogP) is 1.28. The topological polar surface area (TPSA) is 81.1 Å². The van der Waals surface area contributed by atoms with E-state index in [1.54, 1.807) is 27.0 Å². The standard InChI is InChI=1S/C13H23N3O3S/c1-5-6-14-11-9-12(17)16(15-10-11)7-8-20(18,19)13(2,3)4/h9-10,14H,5-8H2,1-4H3. The lowest BCUT2D eigenvalue weighted by Crippen LogP contribution is -2.34. The van der Waals surface area contributed by atoms with Crippen molar-refractivity contribution >= 4 is 15.5 Å². The van der Waals surface area contributed by atoms with Crippen LogP contribution in [0.3, 0.4) is 0 Å². The molecule has 114 valence electrons.